The van der Waals surface area contributed by atoms with Gasteiger partial charge in [0.05, 0.1) is 7.11 Å². The molecule has 0 radical (unpaired) electrons. The Morgan fingerprint density at radius 3 is 2.56 bits per heavy atom. The average molecular weight is 217 g/mol. The number of methoxy groups -OCH3 is 1. The third kappa shape index (κ3) is 2.63. The summed E-state index contributed by atoms with van der Waals surface area (Å²) in [6.07, 6.45) is 4.18. The molecule has 1 aliphatic heterocycles. The maximum absolute atomic E-state index is 11.0. The van der Waals surface area contributed by atoms with Crippen molar-refractivity contribution in [1.29, 1.82) is 0 Å². The monoisotopic (exact) mass is 217 g/mol. The number of nitrogens with one attached hydrogen (secondary N) is 1. The van der Waals surface area contributed by atoms with Crippen molar-refractivity contribution in [2.45, 2.75) is 19.3 Å². The number of carbonyl (C=O) groups excluding carboxylic acids is 1. The summed E-state index contributed by atoms with van der Waals surface area (Å²) in [6, 6.07) is 8.01. The summed E-state index contributed by atoms with van der Waals surface area (Å²) >= 11 is 0. The number of carbonyl (C=O) groups is 1. The predicted molar refractivity (Wildman–Crippen MR) is 62.2 cm³/mol. The van der Waals surface area contributed by atoms with Crippen molar-refractivity contribution in [2.75, 3.05) is 7.11 Å². The Balaban J connectivity index is 2.01. The summed E-state index contributed by atoms with van der Waals surface area (Å²) in [5.41, 5.74) is 2.51. The lowest BCUT2D eigenvalue weighted by atomic mass is 10.00. The second kappa shape index (κ2) is 4.84. The van der Waals surface area contributed by atoms with Gasteiger partial charge < -0.3 is 10.1 Å². The lowest BCUT2D eigenvalue weighted by molar-refractivity contribution is -0.120. The second-order valence-corrected chi connectivity index (χ2v) is 3.89. The van der Waals surface area contributed by atoms with Gasteiger partial charge in [-0.3, -0.25) is 4.79 Å². The molecular weight excluding hydrogens is 202 g/mol. The predicted octanol–water partition coefficient (Wildman–Crippen LogP) is 2.03. The van der Waals surface area contributed by atoms with Gasteiger partial charge in [0.1, 0.15) is 5.75 Å². The van der Waals surface area contributed by atoms with Crippen molar-refractivity contribution in [3.63, 3.8) is 0 Å². The molecule has 0 aliphatic carbocycles. The number of hydrogen-bond donors (Lipinski definition) is 1. The summed E-state index contributed by atoms with van der Waals surface area (Å²) in [5.74, 6) is 0.980. The maximum Gasteiger partial charge on any atom is 0.224 e. The van der Waals surface area contributed by atoms with E-state index >= 15 is 0 Å². The van der Waals surface area contributed by atoms with Crippen LogP contribution in [0, 0.1) is 0 Å². The van der Waals surface area contributed by atoms with Crippen molar-refractivity contribution < 1.29 is 9.53 Å². The summed E-state index contributed by atoms with van der Waals surface area (Å²) in [6.45, 7) is 0. The first-order chi connectivity index (χ1) is 7.78. The second-order valence-electron chi connectivity index (χ2n) is 3.89. The minimum Gasteiger partial charge on any atom is -0.497 e. The van der Waals surface area contributed by atoms with E-state index in [1.165, 1.54) is 11.1 Å². The number of rotatable bonds is 3. The Bertz CT molecular complexity index is 406. The molecule has 0 saturated carbocycles. The maximum atomic E-state index is 11.0. The van der Waals surface area contributed by atoms with E-state index in [1.54, 1.807) is 7.11 Å². The first kappa shape index (κ1) is 10.7. The van der Waals surface area contributed by atoms with Crippen LogP contribution < -0.4 is 10.1 Å². The van der Waals surface area contributed by atoms with Crippen molar-refractivity contribution in [2.24, 2.45) is 0 Å². The zero-order chi connectivity index (χ0) is 11.4. The molecule has 1 aliphatic rings. The minimum atomic E-state index is 0.110. The minimum absolute atomic E-state index is 0.110. The highest BCUT2D eigenvalue weighted by atomic mass is 16.5. The number of amides is 1. The number of allylic oxidation sites excluding steroid dienone is 1. The van der Waals surface area contributed by atoms with Crippen LogP contribution in [-0.4, -0.2) is 13.0 Å². The largest absolute Gasteiger partial charge is 0.497 e. The molecule has 1 aromatic rings. The molecule has 2 rings (SSSR count). The molecule has 0 aromatic heterocycles. The molecule has 16 heavy (non-hydrogen) atoms. The molecule has 0 spiro atoms. The highest BCUT2D eigenvalue weighted by Crippen LogP contribution is 2.18. The van der Waals surface area contributed by atoms with Gasteiger partial charge in [-0.15, -0.1) is 0 Å². The summed E-state index contributed by atoms with van der Waals surface area (Å²) in [4.78, 5) is 11.0. The quantitative estimate of drug-likeness (QED) is 0.841. The molecule has 0 unspecified atom stereocenters. The summed E-state index contributed by atoms with van der Waals surface area (Å²) < 4.78 is 5.10. The van der Waals surface area contributed by atoms with E-state index in [0.29, 0.717) is 6.42 Å². The van der Waals surface area contributed by atoms with Crippen LogP contribution in [0.2, 0.25) is 0 Å². The molecule has 1 heterocycles. The van der Waals surface area contributed by atoms with Gasteiger partial charge in [0.25, 0.3) is 0 Å². The van der Waals surface area contributed by atoms with Crippen LogP contribution in [0.3, 0.4) is 0 Å². The smallest absolute Gasteiger partial charge is 0.224 e. The Kier molecular flexibility index (Phi) is 3.25. The van der Waals surface area contributed by atoms with Crippen LogP contribution in [-0.2, 0) is 11.2 Å². The summed E-state index contributed by atoms with van der Waals surface area (Å²) in [7, 11) is 1.66. The van der Waals surface area contributed by atoms with E-state index in [0.717, 1.165) is 18.6 Å². The lowest BCUT2D eigenvalue weighted by Crippen LogP contribution is -2.22. The SMILES string of the molecule is COc1ccc(CC2=CNC(=O)CC2)cc1. The lowest BCUT2D eigenvalue weighted by Gasteiger charge is -2.13. The van der Waals surface area contributed by atoms with Crippen molar-refractivity contribution >= 4 is 5.91 Å². The topological polar surface area (TPSA) is 38.3 Å². The number of hydrogen-bond acceptors (Lipinski definition) is 2. The van der Waals surface area contributed by atoms with Crippen LogP contribution in [0.25, 0.3) is 0 Å². The van der Waals surface area contributed by atoms with Gasteiger partial charge in [-0.1, -0.05) is 12.1 Å². The van der Waals surface area contributed by atoms with Gasteiger partial charge in [0.2, 0.25) is 5.91 Å². The van der Waals surface area contributed by atoms with Gasteiger partial charge in [-0.2, -0.15) is 0 Å². The molecule has 0 saturated heterocycles. The van der Waals surface area contributed by atoms with Gasteiger partial charge in [-0.25, -0.2) is 0 Å². The Labute approximate surface area is 95.1 Å². The normalized spacial score (nSPS) is 15.3. The van der Waals surface area contributed by atoms with E-state index in [2.05, 4.69) is 17.4 Å². The first-order valence-electron chi connectivity index (χ1n) is 5.38. The highest BCUT2D eigenvalue weighted by molar-refractivity contribution is 5.78. The van der Waals surface area contributed by atoms with Gasteiger partial charge in [0, 0.05) is 12.6 Å². The van der Waals surface area contributed by atoms with E-state index < -0.39 is 0 Å². The van der Waals surface area contributed by atoms with Gasteiger partial charge >= 0.3 is 0 Å². The fourth-order valence-electron chi connectivity index (χ4n) is 1.75. The van der Waals surface area contributed by atoms with E-state index in [1.807, 2.05) is 18.3 Å². The molecule has 3 nitrogen and oxygen atoms in total. The molecule has 0 fully saturated rings. The molecule has 3 heteroatoms. The zero-order valence-corrected chi connectivity index (χ0v) is 9.32. The van der Waals surface area contributed by atoms with Gasteiger partial charge in [-0.05, 0) is 36.1 Å². The Hall–Kier alpha value is -1.77. The van der Waals surface area contributed by atoms with Gasteiger partial charge in [0.15, 0.2) is 0 Å². The third-order valence-electron chi connectivity index (χ3n) is 2.70. The zero-order valence-electron chi connectivity index (χ0n) is 9.32. The number of ether oxygens (including phenoxy) is 1. The molecule has 0 atom stereocenters. The molecule has 1 aromatic carbocycles. The molecule has 0 bridgehead atoms. The molecule has 1 N–H and O–H groups in total. The van der Waals surface area contributed by atoms with Crippen LogP contribution in [0.15, 0.2) is 36.0 Å². The van der Waals surface area contributed by atoms with Crippen molar-refractivity contribution in [3.05, 3.63) is 41.6 Å². The third-order valence-corrected chi connectivity index (χ3v) is 2.70. The van der Waals surface area contributed by atoms with E-state index in [4.69, 9.17) is 4.74 Å². The first-order valence-corrected chi connectivity index (χ1v) is 5.38. The van der Waals surface area contributed by atoms with Crippen LogP contribution in [0.1, 0.15) is 18.4 Å². The van der Waals surface area contributed by atoms with Crippen LogP contribution in [0.5, 0.6) is 5.75 Å². The van der Waals surface area contributed by atoms with E-state index in [-0.39, 0.29) is 5.91 Å². The molecular formula is C13H15NO2. The average Bonchev–Trinajstić information content (AvgIpc) is 2.33. The van der Waals surface area contributed by atoms with Crippen molar-refractivity contribution in [1.82, 2.24) is 5.32 Å². The van der Waals surface area contributed by atoms with Crippen molar-refractivity contribution in [3.8, 4) is 5.75 Å². The fraction of sp³-hybridized carbons (Fsp3) is 0.308. The highest BCUT2D eigenvalue weighted by Gasteiger charge is 2.09. The molecule has 1 amide bonds. The van der Waals surface area contributed by atoms with E-state index in [9.17, 15) is 4.79 Å². The van der Waals surface area contributed by atoms with Crippen LogP contribution in [0.4, 0.5) is 0 Å². The summed E-state index contributed by atoms with van der Waals surface area (Å²) in [5, 5.41) is 2.75. The molecule has 84 valence electrons. The fourth-order valence-corrected chi connectivity index (χ4v) is 1.75. The Morgan fingerprint density at radius 1 is 1.25 bits per heavy atom. The Morgan fingerprint density at radius 2 is 2.00 bits per heavy atom. The van der Waals surface area contributed by atoms with Crippen LogP contribution >= 0.6 is 0 Å². The number of benzene rings is 1. The standard InChI is InChI=1S/C13H15NO2/c1-16-12-5-2-10(3-6-12)8-11-4-7-13(15)14-9-11/h2-3,5-6,9H,4,7-8H2,1H3,(H,14,15).